The van der Waals surface area contributed by atoms with Gasteiger partial charge in [0, 0.05) is 20.6 Å². The van der Waals surface area contributed by atoms with Crippen LogP contribution in [0.25, 0.3) is 6.08 Å². The van der Waals surface area contributed by atoms with Gasteiger partial charge >= 0.3 is 11.9 Å². The molecule has 0 spiro atoms. The summed E-state index contributed by atoms with van der Waals surface area (Å²) in [6.45, 7) is 4.67. The fourth-order valence-electron chi connectivity index (χ4n) is 3.40. The average molecular weight is 650 g/mol. The van der Waals surface area contributed by atoms with Crippen LogP contribution in [0.1, 0.15) is 35.3 Å². The molecule has 3 aromatic rings. The van der Waals surface area contributed by atoms with Gasteiger partial charge in [0.25, 0.3) is 0 Å². The Balaban J connectivity index is 1.68. The van der Waals surface area contributed by atoms with E-state index in [9.17, 15) is 9.59 Å². The molecule has 1 heterocycles. The highest BCUT2D eigenvalue weighted by Gasteiger charge is 2.26. The lowest BCUT2D eigenvalue weighted by Crippen LogP contribution is -2.10. The molecule has 0 fully saturated rings. The smallest absolute Gasteiger partial charge is 0.363 e. The second-order valence-electron chi connectivity index (χ2n) is 7.57. The Morgan fingerprint density at radius 1 is 1.00 bits per heavy atom. The van der Waals surface area contributed by atoms with Crippen molar-refractivity contribution >= 4 is 67.4 Å². The first-order chi connectivity index (χ1) is 17.8. The van der Waals surface area contributed by atoms with Crippen LogP contribution in [0.5, 0.6) is 17.2 Å². The Morgan fingerprint density at radius 2 is 1.70 bits per heavy atom. The van der Waals surface area contributed by atoms with Crippen LogP contribution in [-0.4, -0.2) is 31.1 Å². The number of rotatable bonds is 8. The maximum atomic E-state index is 12.8. The van der Waals surface area contributed by atoms with Gasteiger partial charge in [-0.2, -0.15) is 0 Å². The zero-order valence-corrected chi connectivity index (χ0v) is 23.6. The minimum Gasteiger partial charge on any atom is -0.490 e. The molecule has 0 amide bonds. The highest BCUT2D eigenvalue weighted by molar-refractivity contribution is 9.11. The average Bonchev–Trinajstić information content (AvgIpc) is 3.23. The molecule has 0 bridgehead atoms. The van der Waals surface area contributed by atoms with E-state index in [0.29, 0.717) is 55.4 Å². The molecule has 3 aromatic carbocycles. The molecule has 190 valence electrons. The molecule has 0 aromatic heterocycles. The lowest BCUT2D eigenvalue weighted by molar-refractivity contribution is -0.129. The normalized spacial score (nSPS) is 13.8. The van der Waals surface area contributed by atoms with Crippen molar-refractivity contribution in [2.45, 2.75) is 13.8 Å². The molecule has 0 radical (unpaired) electrons. The van der Waals surface area contributed by atoms with E-state index in [1.54, 1.807) is 54.6 Å². The summed E-state index contributed by atoms with van der Waals surface area (Å²) in [5.41, 5.74) is 1.34. The standard InChI is InChI=1S/C27H20Br2ClNO6/c1-3-34-22-10-7-16(13-23(22)35-4-2)25-31-21(27(33)37-25)12-17-11-18(28)14-20(29)24(17)36-26(32)15-5-8-19(30)9-6-15/h5-14H,3-4H2,1-2H3/b21-12-. The Labute approximate surface area is 235 Å². The second-order valence-corrected chi connectivity index (χ2v) is 9.77. The first-order valence-corrected chi connectivity index (χ1v) is 13.1. The molecular weight excluding hydrogens is 630 g/mol. The molecule has 37 heavy (non-hydrogen) atoms. The number of carbonyl (C=O) groups excluding carboxylic acids is 2. The first kappa shape index (κ1) is 26.9. The van der Waals surface area contributed by atoms with Crippen molar-refractivity contribution in [1.82, 2.24) is 0 Å². The minimum absolute atomic E-state index is 0.0376. The molecule has 1 aliphatic heterocycles. The fourth-order valence-corrected chi connectivity index (χ4v) is 4.86. The molecule has 1 aliphatic rings. The fraction of sp³-hybridized carbons (Fsp3) is 0.148. The predicted molar refractivity (Wildman–Crippen MR) is 148 cm³/mol. The molecule has 0 saturated carbocycles. The Hall–Kier alpha value is -3.14. The van der Waals surface area contributed by atoms with E-state index < -0.39 is 11.9 Å². The summed E-state index contributed by atoms with van der Waals surface area (Å²) in [6, 6.07) is 14.9. The molecule has 0 N–H and O–H groups in total. The number of ether oxygens (including phenoxy) is 4. The van der Waals surface area contributed by atoms with Crippen molar-refractivity contribution in [3.8, 4) is 17.2 Å². The molecule has 0 aliphatic carbocycles. The van der Waals surface area contributed by atoms with E-state index in [0.717, 1.165) is 0 Å². The molecule has 0 atom stereocenters. The molecule has 10 heteroatoms. The molecule has 4 rings (SSSR count). The van der Waals surface area contributed by atoms with Gasteiger partial charge in [0.1, 0.15) is 0 Å². The number of benzene rings is 3. The van der Waals surface area contributed by atoms with E-state index in [2.05, 4.69) is 36.9 Å². The number of esters is 2. The second kappa shape index (κ2) is 11.9. The van der Waals surface area contributed by atoms with Crippen LogP contribution in [0.15, 0.2) is 74.2 Å². The largest absolute Gasteiger partial charge is 0.490 e. The third kappa shape index (κ3) is 6.41. The summed E-state index contributed by atoms with van der Waals surface area (Å²) in [6.07, 6.45) is 1.49. The van der Waals surface area contributed by atoms with E-state index in [-0.39, 0.29) is 17.3 Å². The zero-order chi connectivity index (χ0) is 26.5. The monoisotopic (exact) mass is 647 g/mol. The van der Waals surface area contributed by atoms with E-state index in [1.807, 2.05) is 13.8 Å². The maximum Gasteiger partial charge on any atom is 0.363 e. The maximum absolute atomic E-state index is 12.8. The number of halogens is 3. The van der Waals surface area contributed by atoms with Crippen LogP contribution in [0, 0.1) is 0 Å². The van der Waals surface area contributed by atoms with E-state index in [4.69, 9.17) is 30.5 Å². The number of carbonyl (C=O) groups is 2. The molecular formula is C27H20Br2ClNO6. The zero-order valence-electron chi connectivity index (χ0n) is 19.7. The van der Waals surface area contributed by atoms with E-state index in [1.165, 1.54) is 6.08 Å². The Kier molecular flexibility index (Phi) is 8.68. The summed E-state index contributed by atoms with van der Waals surface area (Å²) in [5, 5.41) is 0.501. The molecule has 0 unspecified atom stereocenters. The van der Waals surface area contributed by atoms with Gasteiger partial charge in [-0.05, 0) is 90.5 Å². The number of hydrogen-bond donors (Lipinski definition) is 0. The van der Waals surface area contributed by atoms with Crippen molar-refractivity contribution in [1.29, 1.82) is 0 Å². The lowest BCUT2D eigenvalue weighted by atomic mass is 10.1. The molecule has 7 nitrogen and oxygen atoms in total. The van der Waals surface area contributed by atoms with E-state index >= 15 is 0 Å². The van der Waals surface area contributed by atoms with Crippen molar-refractivity contribution in [2.75, 3.05) is 13.2 Å². The third-order valence-corrected chi connectivity index (χ3v) is 6.31. The highest BCUT2D eigenvalue weighted by Crippen LogP contribution is 2.36. The van der Waals surface area contributed by atoms with Gasteiger partial charge in [-0.3, -0.25) is 0 Å². The summed E-state index contributed by atoms with van der Waals surface area (Å²) < 4.78 is 23.5. The first-order valence-electron chi connectivity index (χ1n) is 11.2. The van der Waals surface area contributed by atoms with Crippen LogP contribution in [0.3, 0.4) is 0 Å². The van der Waals surface area contributed by atoms with Crippen molar-refractivity contribution in [2.24, 2.45) is 4.99 Å². The number of hydrogen-bond acceptors (Lipinski definition) is 7. The summed E-state index contributed by atoms with van der Waals surface area (Å²) in [7, 11) is 0. The van der Waals surface area contributed by atoms with Gasteiger partial charge in [-0.15, -0.1) is 0 Å². The van der Waals surface area contributed by atoms with Gasteiger partial charge in [-0.25, -0.2) is 14.6 Å². The van der Waals surface area contributed by atoms with Crippen LogP contribution in [0.2, 0.25) is 5.02 Å². The Morgan fingerprint density at radius 3 is 2.41 bits per heavy atom. The van der Waals surface area contributed by atoms with Gasteiger partial charge in [0.05, 0.1) is 23.2 Å². The number of nitrogens with zero attached hydrogens (tertiary/aromatic N) is 1. The van der Waals surface area contributed by atoms with Crippen LogP contribution < -0.4 is 14.2 Å². The van der Waals surface area contributed by atoms with Gasteiger partial charge < -0.3 is 18.9 Å². The third-order valence-electron chi connectivity index (χ3n) is 5.01. The predicted octanol–water partition coefficient (Wildman–Crippen LogP) is 7.23. The van der Waals surface area contributed by atoms with Crippen molar-refractivity contribution in [3.63, 3.8) is 0 Å². The number of cyclic esters (lactones) is 1. The van der Waals surface area contributed by atoms with Crippen molar-refractivity contribution < 1.29 is 28.5 Å². The van der Waals surface area contributed by atoms with Crippen LogP contribution in [0.4, 0.5) is 0 Å². The summed E-state index contributed by atoms with van der Waals surface area (Å²) in [5.74, 6) is 0.203. The van der Waals surface area contributed by atoms with Crippen molar-refractivity contribution in [3.05, 3.63) is 91.0 Å². The number of aliphatic imine (C=N–C) groups is 1. The molecule has 0 saturated heterocycles. The minimum atomic E-state index is -0.645. The summed E-state index contributed by atoms with van der Waals surface area (Å²) in [4.78, 5) is 29.8. The van der Waals surface area contributed by atoms with Gasteiger partial charge in [0.2, 0.25) is 5.90 Å². The lowest BCUT2D eigenvalue weighted by Gasteiger charge is -2.11. The Bertz CT molecular complexity index is 1420. The SMILES string of the molecule is CCOc1ccc(C2=N/C(=C\c3cc(Br)cc(Br)c3OC(=O)c3ccc(Cl)cc3)C(=O)O2)cc1OCC. The van der Waals surface area contributed by atoms with Gasteiger partial charge in [0.15, 0.2) is 22.9 Å². The topological polar surface area (TPSA) is 83.4 Å². The summed E-state index contributed by atoms with van der Waals surface area (Å²) >= 11 is 12.8. The van der Waals surface area contributed by atoms with Gasteiger partial charge in [-0.1, -0.05) is 27.5 Å². The highest BCUT2D eigenvalue weighted by atomic mass is 79.9. The quantitative estimate of drug-likeness (QED) is 0.146. The van der Waals surface area contributed by atoms with Crippen LogP contribution >= 0.6 is 43.5 Å². The van der Waals surface area contributed by atoms with Crippen LogP contribution in [-0.2, 0) is 9.53 Å².